The molecule has 0 unspecified atom stereocenters. The molecular formula is C23H18F3N3O2. The summed E-state index contributed by atoms with van der Waals surface area (Å²) in [6.07, 6.45) is -2.76. The molecule has 0 aliphatic rings. The van der Waals surface area contributed by atoms with E-state index in [4.69, 9.17) is 0 Å². The van der Waals surface area contributed by atoms with Crippen LogP contribution in [0.25, 0.3) is 16.6 Å². The van der Waals surface area contributed by atoms with E-state index in [0.29, 0.717) is 11.4 Å². The van der Waals surface area contributed by atoms with Crippen molar-refractivity contribution in [3.63, 3.8) is 0 Å². The minimum absolute atomic E-state index is 0.326. The third-order valence-electron chi connectivity index (χ3n) is 4.67. The number of hydrogen-bond acceptors (Lipinski definition) is 2. The number of nitrogens with zero attached hydrogens (tertiary/aromatic N) is 1. The number of amides is 2. The Hall–Kier alpha value is -3.94. The summed E-state index contributed by atoms with van der Waals surface area (Å²) in [6.45, 7) is 2.02. The second-order valence-electron chi connectivity index (χ2n) is 6.87. The van der Waals surface area contributed by atoms with E-state index in [-0.39, 0.29) is 5.75 Å². The maximum absolute atomic E-state index is 12.5. The molecule has 4 rings (SSSR count). The number of ether oxygens (including phenoxy) is 1. The molecule has 1 aromatic heterocycles. The van der Waals surface area contributed by atoms with Gasteiger partial charge in [0.2, 0.25) is 0 Å². The van der Waals surface area contributed by atoms with Gasteiger partial charge in [-0.2, -0.15) is 0 Å². The van der Waals surface area contributed by atoms with Crippen LogP contribution in [0.15, 0.2) is 79.0 Å². The number of anilines is 2. The molecule has 8 heteroatoms. The first-order chi connectivity index (χ1) is 14.8. The molecule has 31 heavy (non-hydrogen) atoms. The van der Waals surface area contributed by atoms with E-state index >= 15 is 0 Å². The predicted molar refractivity (Wildman–Crippen MR) is 114 cm³/mol. The number of rotatable bonds is 4. The molecule has 2 amide bonds. The molecule has 158 valence electrons. The first-order valence-electron chi connectivity index (χ1n) is 9.40. The van der Waals surface area contributed by atoms with E-state index in [1.807, 2.05) is 54.1 Å². The van der Waals surface area contributed by atoms with Crippen LogP contribution in [0.3, 0.4) is 0 Å². The number of halogens is 3. The summed E-state index contributed by atoms with van der Waals surface area (Å²) in [4.78, 5) is 12.5. The van der Waals surface area contributed by atoms with E-state index in [9.17, 15) is 18.0 Å². The third kappa shape index (κ3) is 4.63. The van der Waals surface area contributed by atoms with E-state index in [0.717, 1.165) is 34.3 Å². The zero-order chi connectivity index (χ0) is 22.0. The fourth-order valence-electron chi connectivity index (χ4n) is 3.36. The molecule has 0 saturated heterocycles. The van der Waals surface area contributed by atoms with Crippen LogP contribution in [0.1, 0.15) is 5.56 Å². The van der Waals surface area contributed by atoms with Crippen molar-refractivity contribution < 1.29 is 22.7 Å². The average molecular weight is 425 g/mol. The fraction of sp³-hybridized carbons (Fsp3) is 0.0870. The van der Waals surface area contributed by atoms with Crippen LogP contribution in [0.4, 0.5) is 29.3 Å². The van der Waals surface area contributed by atoms with E-state index < -0.39 is 12.4 Å². The SMILES string of the molecule is Cc1cn(-c2ccccc2NC(=O)Nc2ccc(OC(F)(F)F)cc2)c2ccccc12. The second-order valence-corrected chi connectivity index (χ2v) is 6.87. The molecule has 5 nitrogen and oxygen atoms in total. The topological polar surface area (TPSA) is 55.3 Å². The molecule has 0 aliphatic carbocycles. The summed E-state index contributed by atoms with van der Waals surface area (Å²) < 4.78 is 42.6. The van der Waals surface area contributed by atoms with Gasteiger partial charge in [0.1, 0.15) is 5.75 Å². The van der Waals surface area contributed by atoms with Crippen LogP contribution in [0.5, 0.6) is 5.75 Å². The maximum atomic E-state index is 12.5. The van der Waals surface area contributed by atoms with Crippen LogP contribution >= 0.6 is 0 Å². The molecular weight excluding hydrogens is 407 g/mol. The number of alkyl halides is 3. The lowest BCUT2D eigenvalue weighted by Gasteiger charge is -2.14. The Morgan fingerprint density at radius 2 is 1.58 bits per heavy atom. The lowest BCUT2D eigenvalue weighted by atomic mass is 10.2. The first kappa shape index (κ1) is 20.3. The Balaban J connectivity index is 1.53. The van der Waals surface area contributed by atoms with Crippen molar-refractivity contribution in [2.24, 2.45) is 0 Å². The van der Waals surface area contributed by atoms with Gasteiger partial charge in [-0.1, -0.05) is 30.3 Å². The predicted octanol–water partition coefficient (Wildman–Crippen LogP) is 6.48. The number of fused-ring (bicyclic) bond motifs is 1. The van der Waals surface area contributed by atoms with Crippen LogP contribution in [-0.4, -0.2) is 17.0 Å². The van der Waals surface area contributed by atoms with Gasteiger partial charge in [-0.05, 0) is 55.0 Å². The van der Waals surface area contributed by atoms with Crippen molar-refractivity contribution in [2.75, 3.05) is 10.6 Å². The Bertz CT molecular complexity index is 1230. The minimum atomic E-state index is -4.77. The number of urea groups is 1. The molecule has 3 aromatic carbocycles. The molecule has 0 bridgehead atoms. The molecule has 1 heterocycles. The average Bonchev–Trinajstić information content (AvgIpc) is 3.06. The number of carbonyl (C=O) groups excluding carboxylic acids is 1. The summed E-state index contributed by atoms with van der Waals surface area (Å²) in [7, 11) is 0. The number of aryl methyl sites for hydroxylation is 1. The van der Waals surface area contributed by atoms with Crippen LogP contribution in [0.2, 0.25) is 0 Å². The highest BCUT2D eigenvalue weighted by Gasteiger charge is 2.31. The van der Waals surface area contributed by atoms with Crippen LogP contribution in [-0.2, 0) is 0 Å². The Labute approximate surface area is 176 Å². The van der Waals surface area contributed by atoms with Crippen LogP contribution in [0, 0.1) is 6.92 Å². The third-order valence-corrected chi connectivity index (χ3v) is 4.67. The smallest absolute Gasteiger partial charge is 0.406 e. The van der Waals surface area contributed by atoms with Crippen molar-refractivity contribution in [3.8, 4) is 11.4 Å². The van der Waals surface area contributed by atoms with Crippen molar-refractivity contribution >= 4 is 28.3 Å². The molecule has 0 aliphatic heterocycles. The number of hydrogen-bond donors (Lipinski definition) is 2. The minimum Gasteiger partial charge on any atom is -0.406 e. The molecule has 4 aromatic rings. The monoisotopic (exact) mass is 425 g/mol. The van der Waals surface area contributed by atoms with Gasteiger partial charge in [-0.25, -0.2) is 4.79 Å². The largest absolute Gasteiger partial charge is 0.573 e. The normalized spacial score (nSPS) is 11.4. The Morgan fingerprint density at radius 1 is 0.903 bits per heavy atom. The standard InChI is InChI=1S/C23H18F3N3O2/c1-15-14-29(20-8-4-2-6-18(15)20)21-9-5-3-7-19(21)28-22(30)27-16-10-12-17(13-11-16)31-23(24,25)26/h2-14H,1H3,(H2,27,28,30). The second kappa shape index (κ2) is 8.06. The van der Waals surface area contributed by atoms with Gasteiger partial charge in [-0.3, -0.25) is 0 Å². The van der Waals surface area contributed by atoms with Gasteiger partial charge in [0, 0.05) is 17.3 Å². The van der Waals surface area contributed by atoms with Gasteiger partial charge in [0.05, 0.1) is 16.9 Å². The van der Waals surface area contributed by atoms with Crippen molar-refractivity contribution in [1.82, 2.24) is 4.57 Å². The van der Waals surface area contributed by atoms with Gasteiger partial charge in [0.25, 0.3) is 0 Å². The number of carbonyl (C=O) groups is 1. The summed E-state index contributed by atoms with van der Waals surface area (Å²) >= 11 is 0. The van der Waals surface area contributed by atoms with Crippen molar-refractivity contribution in [3.05, 3.63) is 84.6 Å². The fourth-order valence-corrected chi connectivity index (χ4v) is 3.36. The quantitative estimate of drug-likeness (QED) is 0.393. The highest BCUT2D eigenvalue weighted by Crippen LogP contribution is 2.29. The molecule has 0 saturated carbocycles. The number of para-hydroxylation sites is 3. The highest BCUT2D eigenvalue weighted by molar-refractivity contribution is 6.01. The summed E-state index contributed by atoms with van der Waals surface area (Å²) in [6, 6.07) is 19.7. The van der Waals surface area contributed by atoms with Crippen molar-refractivity contribution in [2.45, 2.75) is 13.3 Å². The summed E-state index contributed by atoms with van der Waals surface area (Å²) in [5.74, 6) is -0.362. The van der Waals surface area contributed by atoms with Gasteiger partial charge in [-0.15, -0.1) is 13.2 Å². The highest BCUT2D eigenvalue weighted by atomic mass is 19.4. The molecule has 0 fully saturated rings. The lowest BCUT2D eigenvalue weighted by molar-refractivity contribution is -0.274. The first-order valence-corrected chi connectivity index (χ1v) is 9.40. The maximum Gasteiger partial charge on any atom is 0.573 e. The molecule has 0 atom stereocenters. The van der Waals surface area contributed by atoms with E-state index in [1.54, 1.807) is 12.1 Å². The molecule has 0 spiro atoms. The Morgan fingerprint density at radius 3 is 2.32 bits per heavy atom. The summed E-state index contributed by atoms with van der Waals surface area (Å²) in [5, 5.41) is 6.52. The zero-order valence-electron chi connectivity index (χ0n) is 16.4. The van der Waals surface area contributed by atoms with Gasteiger partial charge < -0.3 is 19.9 Å². The zero-order valence-corrected chi connectivity index (χ0v) is 16.4. The summed E-state index contributed by atoms with van der Waals surface area (Å²) in [5.41, 5.74) is 3.81. The Kier molecular flexibility index (Phi) is 5.29. The van der Waals surface area contributed by atoms with E-state index in [1.165, 1.54) is 12.1 Å². The van der Waals surface area contributed by atoms with Gasteiger partial charge in [0.15, 0.2) is 0 Å². The number of aromatic nitrogens is 1. The lowest BCUT2D eigenvalue weighted by Crippen LogP contribution is -2.20. The van der Waals surface area contributed by atoms with E-state index in [2.05, 4.69) is 15.4 Å². The van der Waals surface area contributed by atoms with Crippen molar-refractivity contribution in [1.29, 1.82) is 0 Å². The van der Waals surface area contributed by atoms with Gasteiger partial charge >= 0.3 is 12.4 Å². The van der Waals surface area contributed by atoms with Crippen LogP contribution < -0.4 is 15.4 Å². The number of benzene rings is 3. The molecule has 2 N–H and O–H groups in total. The number of nitrogens with one attached hydrogen (secondary N) is 2. The molecule has 0 radical (unpaired) electrons.